The van der Waals surface area contributed by atoms with E-state index in [1.807, 2.05) is 0 Å². The predicted octanol–water partition coefficient (Wildman–Crippen LogP) is 3.31. The predicted molar refractivity (Wildman–Crippen MR) is 66.9 cm³/mol. The lowest BCUT2D eigenvalue weighted by molar-refractivity contribution is -0.168. The number of unbranched alkanes of at least 4 members (excludes halogenated alkanes) is 4. The molecule has 3 nitrogen and oxygen atoms in total. The Morgan fingerprint density at radius 1 is 1.19 bits per heavy atom. The topological polar surface area (TPSA) is 29.5 Å². The van der Waals surface area contributed by atoms with Gasteiger partial charge in [-0.25, -0.2) is 5.06 Å². The van der Waals surface area contributed by atoms with Crippen LogP contribution in [0.3, 0.4) is 0 Å². The van der Waals surface area contributed by atoms with Gasteiger partial charge in [0.05, 0.1) is 7.11 Å². The highest BCUT2D eigenvalue weighted by molar-refractivity contribution is 5.74. The van der Waals surface area contributed by atoms with Gasteiger partial charge in [-0.05, 0) is 25.7 Å². The van der Waals surface area contributed by atoms with Gasteiger partial charge in [-0.15, -0.1) is 0 Å². The van der Waals surface area contributed by atoms with Crippen LogP contribution < -0.4 is 0 Å². The Bertz CT molecular complexity index is 202. The molecular weight excluding hydrogens is 202 g/mol. The summed E-state index contributed by atoms with van der Waals surface area (Å²) < 4.78 is 0. The molecule has 0 aliphatic rings. The van der Waals surface area contributed by atoms with Crippen molar-refractivity contribution >= 4 is 5.91 Å². The molecule has 0 heterocycles. The first kappa shape index (κ1) is 15.2. The van der Waals surface area contributed by atoms with Crippen molar-refractivity contribution in [2.45, 2.75) is 51.9 Å². The molecule has 0 N–H and O–H groups in total. The minimum absolute atomic E-state index is 0.0593. The Kier molecular flexibility index (Phi) is 10.1. The van der Waals surface area contributed by atoms with Crippen molar-refractivity contribution in [3.63, 3.8) is 0 Å². The summed E-state index contributed by atoms with van der Waals surface area (Å²) in [5, 5.41) is 1.29. The molecule has 0 fully saturated rings. The van der Waals surface area contributed by atoms with E-state index in [9.17, 15) is 4.79 Å². The second-order valence-electron chi connectivity index (χ2n) is 3.93. The van der Waals surface area contributed by atoms with Gasteiger partial charge in [-0.2, -0.15) is 0 Å². The van der Waals surface area contributed by atoms with Crippen molar-refractivity contribution in [1.29, 1.82) is 0 Å². The van der Waals surface area contributed by atoms with Crippen LogP contribution in [0.2, 0.25) is 0 Å². The molecule has 0 spiro atoms. The molecule has 0 aromatic heterocycles. The largest absolute Gasteiger partial charge is 0.275 e. The molecule has 3 heteroatoms. The van der Waals surface area contributed by atoms with Gasteiger partial charge in [-0.1, -0.05) is 31.9 Å². The molecule has 0 bridgehead atoms. The second kappa shape index (κ2) is 10.7. The van der Waals surface area contributed by atoms with E-state index in [2.05, 4.69) is 19.1 Å². The van der Waals surface area contributed by atoms with Gasteiger partial charge in [0.2, 0.25) is 5.91 Å². The smallest absolute Gasteiger partial charge is 0.245 e. The van der Waals surface area contributed by atoms with Gasteiger partial charge in [0.25, 0.3) is 0 Å². The molecule has 0 aromatic rings. The van der Waals surface area contributed by atoms with E-state index in [1.54, 1.807) is 7.05 Å². The highest BCUT2D eigenvalue weighted by atomic mass is 16.7. The first-order valence-corrected chi connectivity index (χ1v) is 6.18. The van der Waals surface area contributed by atoms with E-state index in [-0.39, 0.29) is 5.91 Å². The van der Waals surface area contributed by atoms with Gasteiger partial charge in [0.15, 0.2) is 0 Å². The van der Waals surface area contributed by atoms with E-state index in [1.165, 1.54) is 31.4 Å². The molecule has 94 valence electrons. The Morgan fingerprint density at radius 2 is 1.88 bits per heavy atom. The lowest BCUT2D eigenvalue weighted by Crippen LogP contribution is -2.24. The zero-order valence-electron chi connectivity index (χ0n) is 10.9. The first-order chi connectivity index (χ1) is 7.72. The van der Waals surface area contributed by atoms with E-state index in [0.29, 0.717) is 6.42 Å². The first-order valence-electron chi connectivity index (χ1n) is 6.18. The van der Waals surface area contributed by atoms with Crippen LogP contribution in [-0.2, 0) is 9.63 Å². The van der Waals surface area contributed by atoms with Crippen molar-refractivity contribution in [3.8, 4) is 0 Å². The minimum Gasteiger partial charge on any atom is -0.275 e. The zero-order chi connectivity index (χ0) is 12.2. The number of nitrogens with zero attached hydrogens (tertiary/aromatic N) is 1. The van der Waals surface area contributed by atoms with Crippen molar-refractivity contribution < 1.29 is 9.63 Å². The van der Waals surface area contributed by atoms with Crippen LogP contribution in [0.5, 0.6) is 0 Å². The molecule has 0 aliphatic heterocycles. The summed E-state index contributed by atoms with van der Waals surface area (Å²) >= 11 is 0. The highest BCUT2D eigenvalue weighted by Crippen LogP contribution is 2.06. The maximum absolute atomic E-state index is 11.3. The summed E-state index contributed by atoms with van der Waals surface area (Å²) in [6, 6.07) is 0. The number of hydrogen-bond donors (Lipinski definition) is 0. The number of carbonyl (C=O) groups excluding carboxylic acids is 1. The monoisotopic (exact) mass is 227 g/mol. The molecule has 0 aliphatic carbocycles. The Balaban J connectivity index is 3.30. The zero-order valence-corrected chi connectivity index (χ0v) is 10.9. The molecule has 1 amide bonds. The van der Waals surface area contributed by atoms with Gasteiger partial charge in [0.1, 0.15) is 0 Å². The van der Waals surface area contributed by atoms with Gasteiger partial charge in [-0.3, -0.25) is 9.63 Å². The van der Waals surface area contributed by atoms with Crippen LogP contribution in [0, 0.1) is 0 Å². The number of amides is 1. The van der Waals surface area contributed by atoms with Crippen LogP contribution >= 0.6 is 0 Å². The number of allylic oxidation sites excluding steroid dienone is 2. The van der Waals surface area contributed by atoms with Gasteiger partial charge < -0.3 is 0 Å². The fourth-order valence-corrected chi connectivity index (χ4v) is 1.38. The fraction of sp³-hybridized carbons (Fsp3) is 0.769. The lowest BCUT2D eigenvalue weighted by atomic mass is 10.1. The minimum atomic E-state index is 0.0593. The van der Waals surface area contributed by atoms with Crippen LogP contribution in [0.25, 0.3) is 0 Å². The average molecular weight is 227 g/mol. The molecular formula is C13H25NO2. The average Bonchev–Trinajstić information content (AvgIpc) is 2.31. The van der Waals surface area contributed by atoms with Crippen molar-refractivity contribution in [2.75, 3.05) is 14.2 Å². The Hall–Kier alpha value is -0.830. The summed E-state index contributed by atoms with van der Waals surface area (Å²) in [6.45, 7) is 2.18. The fourth-order valence-electron chi connectivity index (χ4n) is 1.38. The number of hydroxylamine groups is 2. The van der Waals surface area contributed by atoms with Crippen molar-refractivity contribution in [2.24, 2.45) is 0 Å². The summed E-state index contributed by atoms with van der Waals surface area (Å²) in [7, 11) is 3.16. The quantitative estimate of drug-likeness (QED) is 0.343. The van der Waals surface area contributed by atoms with E-state index >= 15 is 0 Å². The number of hydrogen-bond acceptors (Lipinski definition) is 2. The number of rotatable bonds is 9. The molecule has 0 rings (SSSR count). The van der Waals surface area contributed by atoms with E-state index in [0.717, 1.165) is 19.3 Å². The normalized spacial score (nSPS) is 10.9. The Labute approximate surface area is 99.4 Å². The molecule has 16 heavy (non-hydrogen) atoms. The summed E-state index contributed by atoms with van der Waals surface area (Å²) in [5.74, 6) is 0.0593. The standard InChI is InChI=1S/C13H25NO2/c1-4-5-6-7-8-9-10-11-12-13(15)14(2)16-3/h6-7H,4-5,8-12H2,1-3H3/b7-6-. The molecule has 0 radical (unpaired) electrons. The van der Waals surface area contributed by atoms with Crippen LogP contribution in [0.1, 0.15) is 51.9 Å². The van der Waals surface area contributed by atoms with E-state index in [4.69, 9.17) is 4.84 Å². The van der Waals surface area contributed by atoms with E-state index < -0.39 is 0 Å². The summed E-state index contributed by atoms with van der Waals surface area (Å²) in [6.07, 6.45) is 11.8. The SMILES string of the molecule is CCC/C=C\CCCCCC(=O)N(C)OC. The maximum Gasteiger partial charge on any atom is 0.245 e. The van der Waals surface area contributed by atoms with Crippen LogP contribution in [0.15, 0.2) is 12.2 Å². The molecule has 0 saturated heterocycles. The molecule has 0 atom stereocenters. The summed E-state index contributed by atoms with van der Waals surface area (Å²) in [5.41, 5.74) is 0. The third-order valence-electron chi connectivity index (χ3n) is 2.51. The highest BCUT2D eigenvalue weighted by Gasteiger charge is 2.05. The third kappa shape index (κ3) is 8.48. The van der Waals surface area contributed by atoms with Crippen LogP contribution in [-0.4, -0.2) is 25.1 Å². The van der Waals surface area contributed by atoms with Gasteiger partial charge in [0, 0.05) is 13.5 Å². The van der Waals surface area contributed by atoms with Crippen molar-refractivity contribution in [1.82, 2.24) is 5.06 Å². The van der Waals surface area contributed by atoms with Crippen molar-refractivity contribution in [3.05, 3.63) is 12.2 Å². The molecule has 0 aromatic carbocycles. The van der Waals surface area contributed by atoms with Gasteiger partial charge >= 0.3 is 0 Å². The number of carbonyl (C=O) groups is 1. The lowest BCUT2D eigenvalue weighted by Gasteiger charge is -2.12. The second-order valence-corrected chi connectivity index (χ2v) is 3.93. The molecule has 0 saturated carbocycles. The Morgan fingerprint density at radius 3 is 2.50 bits per heavy atom. The third-order valence-corrected chi connectivity index (χ3v) is 2.51. The molecule has 0 unspecified atom stereocenters. The summed E-state index contributed by atoms with van der Waals surface area (Å²) in [4.78, 5) is 16.1. The van der Waals surface area contributed by atoms with Crippen LogP contribution in [0.4, 0.5) is 0 Å². The maximum atomic E-state index is 11.3.